The van der Waals surface area contributed by atoms with E-state index in [1.807, 2.05) is 12.1 Å². The summed E-state index contributed by atoms with van der Waals surface area (Å²) in [7, 11) is 0. The highest BCUT2D eigenvalue weighted by Crippen LogP contribution is 2.44. The van der Waals surface area contributed by atoms with Gasteiger partial charge in [-0.3, -0.25) is 5.32 Å². The summed E-state index contributed by atoms with van der Waals surface area (Å²) in [5.74, 6) is -0.0953. The van der Waals surface area contributed by atoms with E-state index in [1.165, 1.54) is 6.20 Å². The molecule has 2 aliphatic heterocycles. The largest absolute Gasteiger partial charge is 0.323 e. The second kappa shape index (κ2) is 7.23. The molecule has 0 saturated carbocycles. The number of nitrogens with zero attached hydrogens (tertiary/aromatic N) is 5. The summed E-state index contributed by atoms with van der Waals surface area (Å²) in [4.78, 5) is 23.0. The molecule has 1 saturated heterocycles. The number of carbonyl (C=O) groups excluding carboxylic acids is 1. The van der Waals surface area contributed by atoms with E-state index >= 15 is 0 Å². The molecule has 5 heterocycles. The van der Waals surface area contributed by atoms with Crippen molar-refractivity contribution in [2.45, 2.75) is 31.3 Å². The van der Waals surface area contributed by atoms with Crippen molar-refractivity contribution in [1.29, 1.82) is 0 Å². The highest BCUT2D eigenvalue weighted by atomic mass is 35.5. The van der Waals surface area contributed by atoms with Gasteiger partial charge in [0.2, 0.25) is 5.95 Å². The molecule has 3 aromatic heterocycles. The van der Waals surface area contributed by atoms with Crippen molar-refractivity contribution in [3.63, 3.8) is 0 Å². The lowest BCUT2D eigenvalue weighted by Crippen LogP contribution is -2.44. The Bertz CT molecular complexity index is 1380. The third-order valence-corrected chi connectivity index (χ3v) is 6.54. The van der Waals surface area contributed by atoms with Crippen LogP contribution in [0.2, 0.25) is 5.02 Å². The van der Waals surface area contributed by atoms with Gasteiger partial charge in [0.1, 0.15) is 16.9 Å². The predicted molar refractivity (Wildman–Crippen MR) is 115 cm³/mol. The molecule has 2 atom stereocenters. The van der Waals surface area contributed by atoms with Gasteiger partial charge in [-0.25, -0.2) is 19.4 Å². The minimum atomic E-state index is -0.442. The molecule has 2 amide bonds. The smallest absolute Gasteiger partial charge is 0.314 e. The van der Waals surface area contributed by atoms with Crippen LogP contribution in [0.4, 0.5) is 15.0 Å². The molecule has 1 aromatic carbocycles. The van der Waals surface area contributed by atoms with E-state index in [0.717, 1.165) is 24.0 Å². The molecule has 1 fully saturated rings. The minimum Gasteiger partial charge on any atom is -0.314 e. The number of halogens is 2. The van der Waals surface area contributed by atoms with Crippen molar-refractivity contribution in [2.24, 2.45) is 0 Å². The van der Waals surface area contributed by atoms with E-state index in [-0.39, 0.29) is 18.1 Å². The molecule has 0 spiro atoms. The molecule has 0 aliphatic carbocycles. The highest BCUT2D eigenvalue weighted by molar-refractivity contribution is 6.33. The van der Waals surface area contributed by atoms with Gasteiger partial charge < -0.3 is 4.90 Å². The second-order valence-corrected chi connectivity index (χ2v) is 8.38. The van der Waals surface area contributed by atoms with E-state index in [0.29, 0.717) is 39.4 Å². The lowest BCUT2D eigenvalue weighted by Gasteiger charge is -2.36. The van der Waals surface area contributed by atoms with Gasteiger partial charge in [-0.1, -0.05) is 17.7 Å². The van der Waals surface area contributed by atoms with Crippen LogP contribution < -0.4 is 5.32 Å². The van der Waals surface area contributed by atoms with Gasteiger partial charge in [-0.15, -0.1) is 0 Å². The Kier molecular flexibility index (Phi) is 4.32. The van der Waals surface area contributed by atoms with Crippen LogP contribution in [-0.4, -0.2) is 37.3 Å². The average molecular weight is 451 g/mol. The SMILES string of the molecule is O=C(Nc1cc(Cl)c(-c2ccc3nonc3c2)cn1)N1C2CCC1c1ccnc(F)c1C2. The van der Waals surface area contributed by atoms with Crippen molar-refractivity contribution < 1.29 is 13.8 Å². The monoisotopic (exact) mass is 450 g/mol. The van der Waals surface area contributed by atoms with E-state index in [4.69, 9.17) is 16.2 Å². The van der Waals surface area contributed by atoms with Crippen molar-refractivity contribution in [3.05, 3.63) is 64.8 Å². The van der Waals surface area contributed by atoms with Gasteiger partial charge >= 0.3 is 6.03 Å². The van der Waals surface area contributed by atoms with Gasteiger partial charge in [-0.05, 0) is 58.9 Å². The van der Waals surface area contributed by atoms with Gasteiger partial charge in [-0.2, -0.15) is 4.39 Å². The van der Waals surface area contributed by atoms with E-state index in [9.17, 15) is 9.18 Å². The number of pyridine rings is 2. The highest BCUT2D eigenvalue weighted by Gasteiger charge is 2.43. The molecule has 8 nitrogen and oxygen atoms in total. The van der Waals surface area contributed by atoms with E-state index < -0.39 is 5.95 Å². The van der Waals surface area contributed by atoms with Crippen molar-refractivity contribution in [2.75, 3.05) is 5.32 Å². The number of aromatic nitrogens is 4. The molecule has 10 heteroatoms. The third kappa shape index (κ3) is 3.00. The zero-order valence-electron chi connectivity index (χ0n) is 16.6. The molecular formula is C22H16ClFN6O2. The zero-order valence-corrected chi connectivity index (χ0v) is 17.4. The summed E-state index contributed by atoms with van der Waals surface area (Å²) in [6, 6.07) is 8.36. The van der Waals surface area contributed by atoms with Crippen LogP contribution >= 0.6 is 11.6 Å². The van der Waals surface area contributed by atoms with Crippen LogP contribution in [0.15, 0.2) is 47.4 Å². The number of rotatable bonds is 2. The first kappa shape index (κ1) is 19.1. The Morgan fingerprint density at radius 2 is 2.03 bits per heavy atom. The van der Waals surface area contributed by atoms with Gasteiger partial charge in [0.05, 0.1) is 11.1 Å². The lowest BCUT2D eigenvalue weighted by molar-refractivity contribution is 0.178. The molecule has 160 valence electrons. The fourth-order valence-corrected chi connectivity index (χ4v) is 5.02. The number of benzene rings is 1. The molecule has 1 N–H and O–H groups in total. The van der Waals surface area contributed by atoms with Crippen molar-refractivity contribution in [1.82, 2.24) is 25.2 Å². The summed E-state index contributed by atoms with van der Waals surface area (Å²) in [6.07, 6.45) is 5.13. The first-order valence-corrected chi connectivity index (χ1v) is 10.6. The van der Waals surface area contributed by atoms with Gasteiger partial charge in [0, 0.05) is 35.6 Å². The Labute approximate surface area is 186 Å². The molecule has 2 unspecified atom stereocenters. The molecule has 4 aromatic rings. The van der Waals surface area contributed by atoms with Crippen molar-refractivity contribution in [3.8, 4) is 11.1 Å². The van der Waals surface area contributed by atoms with Crippen LogP contribution in [0.5, 0.6) is 0 Å². The lowest BCUT2D eigenvalue weighted by atomic mass is 9.95. The second-order valence-electron chi connectivity index (χ2n) is 7.98. The summed E-state index contributed by atoms with van der Waals surface area (Å²) < 4.78 is 18.9. The first-order chi connectivity index (χ1) is 15.6. The van der Waals surface area contributed by atoms with Crippen LogP contribution in [0, 0.1) is 5.95 Å². The summed E-state index contributed by atoms with van der Waals surface area (Å²) >= 11 is 6.50. The molecule has 6 rings (SSSR count). The molecular weight excluding hydrogens is 435 g/mol. The van der Waals surface area contributed by atoms with Crippen LogP contribution in [0.25, 0.3) is 22.2 Å². The zero-order chi connectivity index (χ0) is 21.8. The maximum Gasteiger partial charge on any atom is 0.323 e. The van der Waals surface area contributed by atoms with Gasteiger partial charge in [0.25, 0.3) is 0 Å². The molecule has 2 aliphatic rings. The molecule has 0 radical (unpaired) electrons. The minimum absolute atomic E-state index is 0.0660. The van der Waals surface area contributed by atoms with Gasteiger partial charge in [0.15, 0.2) is 0 Å². The van der Waals surface area contributed by atoms with Crippen molar-refractivity contribution >= 4 is 34.5 Å². The predicted octanol–water partition coefficient (Wildman–Crippen LogP) is 4.77. The van der Waals surface area contributed by atoms with E-state index in [2.05, 4.69) is 25.6 Å². The number of amides is 2. The summed E-state index contributed by atoms with van der Waals surface area (Å²) in [5, 5.41) is 10.9. The van der Waals surface area contributed by atoms with Crippen LogP contribution in [-0.2, 0) is 6.42 Å². The van der Waals surface area contributed by atoms with E-state index in [1.54, 1.807) is 29.3 Å². The topological polar surface area (TPSA) is 97.0 Å². The number of hydrogen-bond donors (Lipinski definition) is 1. The number of fused-ring (bicyclic) bond motifs is 5. The fraction of sp³-hybridized carbons (Fsp3) is 0.227. The number of hydrogen-bond acceptors (Lipinski definition) is 6. The number of urea groups is 1. The Morgan fingerprint density at radius 1 is 1.16 bits per heavy atom. The molecule has 32 heavy (non-hydrogen) atoms. The Morgan fingerprint density at radius 3 is 2.91 bits per heavy atom. The Balaban J connectivity index is 1.25. The average Bonchev–Trinajstić information content (AvgIpc) is 3.37. The fourth-order valence-electron chi connectivity index (χ4n) is 4.76. The number of nitrogens with one attached hydrogen (secondary N) is 1. The first-order valence-electron chi connectivity index (χ1n) is 10.2. The maximum absolute atomic E-state index is 14.1. The number of anilines is 1. The Hall–Kier alpha value is -3.59. The third-order valence-electron chi connectivity index (χ3n) is 6.23. The van der Waals surface area contributed by atoms with Crippen LogP contribution in [0.1, 0.15) is 30.0 Å². The standard InChI is InChI=1S/C22H16ClFN6O2/c23-16-9-20(26-10-15(16)11-1-3-17-18(7-11)29-32-28-17)27-22(31)30-12-2-4-19(30)13-5-6-25-21(24)14(13)8-12/h1,3,5-7,9-10,12,19H,2,4,8H2,(H,26,27,31). The summed E-state index contributed by atoms with van der Waals surface area (Å²) in [5.41, 5.74) is 4.22. The quantitative estimate of drug-likeness (QED) is 0.442. The van der Waals surface area contributed by atoms with Crippen LogP contribution in [0.3, 0.4) is 0 Å². The number of carbonyl (C=O) groups is 1. The normalized spacial score (nSPS) is 19.2. The molecule has 2 bridgehead atoms. The summed E-state index contributed by atoms with van der Waals surface area (Å²) in [6.45, 7) is 0. The maximum atomic E-state index is 14.1.